The molecule has 1 saturated carbocycles. The number of aromatic nitrogens is 2. The summed E-state index contributed by atoms with van der Waals surface area (Å²) in [5.41, 5.74) is 0.586. The highest BCUT2D eigenvalue weighted by atomic mass is 16.3. The average Bonchev–Trinajstić information content (AvgIpc) is 3.08. The maximum Gasteiger partial charge on any atom is 0.220 e. The van der Waals surface area contributed by atoms with Crippen LogP contribution in [0.5, 0.6) is 0 Å². The number of amides is 1. The quantitative estimate of drug-likeness (QED) is 0.863. The van der Waals surface area contributed by atoms with Crippen molar-refractivity contribution < 1.29 is 9.90 Å². The molecular weight excluding hydrogens is 292 g/mol. The Hall–Kier alpha value is -1.69. The van der Waals surface area contributed by atoms with E-state index in [1.807, 2.05) is 0 Å². The van der Waals surface area contributed by atoms with Gasteiger partial charge in [0.1, 0.15) is 5.82 Å². The van der Waals surface area contributed by atoms with Crippen LogP contribution in [-0.2, 0) is 11.4 Å². The lowest BCUT2D eigenvalue weighted by Gasteiger charge is -2.33. The molecule has 0 unspecified atom stereocenters. The number of nitrogens with one attached hydrogen (secondary N) is 1. The Bertz CT molecular complexity index is 506. The van der Waals surface area contributed by atoms with Crippen molar-refractivity contribution in [3.63, 3.8) is 0 Å². The molecule has 1 aromatic heterocycles. The molecule has 2 aliphatic rings. The molecule has 1 aromatic rings. The summed E-state index contributed by atoms with van der Waals surface area (Å²) in [5.74, 6) is 1.68. The molecule has 3 rings (SSSR count). The fraction of sp³-hybridized carbons (Fsp3) is 0.706. The molecule has 1 amide bonds. The minimum Gasteiger partial charge on any atom is -0.390 e. The Kier molecular flexibility index (Phi) is 5.43. The first-order chi connectivity index (χ1) is 11.2. The number of carbonyl (C=O) groups excluding carboxylic acids is 1. The summed E-state index contributed by atoms with van der Waals surface area (Å²) in [5, 5.41) is 12.2. The Labute approximate surface area is 137 Å². The molecule has 0 spiro atoms. The van der Waals surface area contributed by atoms with Crippen molar-refractivity contribution in [1.82, 2.24) is 15.3 Å². The summed E-state index contributed by atoms with van der Waals surface area (Å²) in [6.45, 7) is 1.67. The van der Waals surface area contributed by atoms with Crippen molar-refractivity contribution in [2.45, 2.75) is 57.6 Å². The molecule has 6 heteroatoms. The van der Waals surface area contributed by atoms with Gasteiger partial charge in [0.15, 0.2) is 0 Å². The SMILES string of the molecule is O=C(CC1CCCC1)NC1CCN(c2cnc(CO)cn2)CC1. The first-order valence-corrected chi connectivity index (χ1v) is 8.70. The van der Waals surface area contributed by atoms with Crippen LogP contribution in [0.2, 0.25) is 0 Å². The largest absolute Gasteiger partial charge is 0.390 e. The number of nitrogens with zero attached hydrogens (tertiary/aromatic N) is 3. The predicted octanol–water partition coefficient (Wildman–Crippen LogP) is 1.63. The van der Waals surface area contributed by atoms with Gasteiger partial charge >= 0.3 is 0 Å². The van der Waals surface area contributed by atoms with Gasteiger partial charge in [-0.3, -0.25) is 9.78 Å². The molecule has 2 fully saturated rings. The first kappa shape index (κ1) is 16.2. The van der Waals surface area contributed by atoms with Crippen LogP contribution < -0.4 is 10.2 Å². The van der Waals surface area contributed by atoms with E-state index in [1.54, 1.807) is 12.4 Å². The molecule has 0 atom stereocenters. The van der Waals surface area contributed by atoms with Crippen LogP contribution in [0.25, 0.3) is 0 Å². The van der Waals surface area contributed by atoms with Crippen LogP contribution in [0, 0.1) is 5.92 Å². The smallest absolute Gasteiger partial charge is 0.220 e. The molecule has 6 nitrogen and oxygen atoms in total. The van der Waals surface area contributed by atoms with Gasteiger partial charge in [-0.2, -0.15) is 0 Å². The van der Waals surface area contributed by atoms with Gasteiger partial charge in [-0.25, -0.2) is 4.98 Å². The maximum absolute atomic E-state index is 12.1. The number of anilines is 1. The zero-order valence-electron chi connectivity index (χ0n) is 13.6. The van der Waals surface area contributed by atoms with E-state index in [0.717, 1.165) is 31.7 Å². The molecule has 0 radical (unpaired) electrons. The van der Waals surface area contributed by atoms with E-state index in [4.69, 9.17) is 5.11 Å². The number of carbonyl (C=O) groups is 1. The lowest BCUT2D eigenvalue weighted by Crippen LogP contribution is -2.45. The van der Waals surface area contributed by atoms with Gasteiger partial charge in [0.25, 0.3) is 0 Å². The third-order valence-corrected chi connectivity index (χ3v) is 4.99. The van der Waals surface area contributed by atoms with Crippen LogP contribution >= 0.6 is 0 Å². The van der Waals surface area contributed by atoms with Crippen LogP contribution in [-0.4, -0.2) is 40.1 Å². The highest BCUT2D eigenvalue weighted by Gasteiger charge is 2.24. The number of aliphatic hydroxyl groups excluding tert-OH is 1. The highest BCUT2D eigenvalue weighted by Crippen LogP contribution is 2.27. The van der Waals surface area contributed by atoms with Crippen molar-refractivity contribution in [2.75, 3.05) is 18.0 Å². The first-order valence-electron chi connectivity index (χ1n) is 8.70. The van der Waals surface area contributed by atoms with Crippen LogP contribution in [0.1, 0.15) is 50.6 Å². The Morgan fingerprint density at radius 3 is 2.52 bits per heavy atom. The zero-order valence-corrected chi connectivity index (χ0v) is 13.6. The predicted molar refractivity (Wildman–Crippen MR) is 87.9 cm³/mol. The number of piperidine rings is 1. The normalized spacial score (nSPS) is 20.0. The van der Waals surface area contributed by atoms with E-state index in [9.17, 15) is 4.79 Å². The second-order valence-electron chi connectivity index (χ2n) is 6.71. The topological polar surface area (TPSA) is 78.4 Å². The Morgan fingerprint density at radius 2 is 1.91 bits per heavy atom. The van der Waals surface area contributed by atoms with Gasteiger partial charge in [0.2, 0.25) is 5.91 Å². The van der Waals surface area contributed by atoms with E-state index in [2.05, 4.69) is 20.2 Å². The highest BCUT2D eigenvalue weighted by molar-refractivity contribution is 5.76. The lowest BCUT2D eigenvalue weighted by atomic mass is 10.0. The van der Waals surface area contributed by atoms with Crippen molar-refractivity contribution in [2.24, 2.45) is 5.92 Å². The third-order valence-electron chi connectivity index (χ3n) is 4.99. The Balaban J connectivity index is 1.43. The van der Waals surface area contributed by atoms with Crippen molar-refractivity contribution in [3.05, 3.63) is 18.1 Å². The van der Waals surface area contributed by atoms with Gasteiger partial charge in [0.05, 0.1) is 24.7 Å². The number of hydrogen-bond acceptors (Lipinski definition) is 5. The molecular formula is C17H26N4O2. The summed E-state index contributed by atoms with van der Waals surface area (Å²) in [7, 11) is 0. The molecule has 2 heterocycles. The van der Waals surface area contributed by atoms with Gasteiger partial charge in [-0.1, -0.05) is 12.8 Å². The summed E-state index contributed by atoms with van der Waals surface area (Å²) in [6, 6.07) is 0.282. The monoisotopic (exact) mass is 318 g/mol. The van der Waals surface area contributed by atoms with Gasteiger partial charge in [-0.05, 0) is 31.6 Å². The maximum atomic E-state index is 12.1. The van der Waals surface area contributed by atoms with Gasteiger partial charge in [-0.15, -0.1) is 0 Å². The molecule has 2 N–H and O–H groups in total. The summed E-state index contributed by atoms with van der Waals surface area (Å²) >= 11 is 0. The lowest BCUT2D eigenvalue weighted by molar-refractivity contribution is -0.122. The number of hydrogen-bond donors (Lipinski definition) is 2. The summed E-state index contributed by atoms with van der Waals surface area (Å²) in [4.78, 5) is 22.8. The number of rotatable bonds is 5. The molecule has 0 bridgehead atoms. The van der Waals surface area contributed by atoms with E-state index < -0.39 is 0 Å². The van der Waals surface area contributed by atoms with E-state index >= 15 is 0 Å². The van der Waals surface area contributed by atoms with E-state index in [-0.39, 0.29) is 18.6 Å². The third kappa shape index (κ3) is 4.41. The van der Waals surface area contributed by atoms with Crippen LogP contribution in [0.3, 0.4) is 0 Å². The molecule has 1 saturated heterocycles. The minimum absolute atomic E-state index is 0.0810. The number of aliphatic hydroxyl groups is 1. The fourth-order valence-corrected chi connectivity index (χ4v) is 3.61. The summed E-state index contributed by atoms with van der Waals surface area (Å²) in [6.07, 6.45) is 10.9. The zero-order chi connectivity index (χ0) is 16.1. The average molecular weight is 318 g/mol. The molecule has 126 valence electrons. The van der Waals surface area contributed by atoms with Crippen molar-refractivity contribution in [3.8, 4) is 0 Å². The van der Waals surface area contributed by atoms with E-state index in [1.165, 1.54) is 25.7 Å². The molecule has 0 aromatic carbocycles. The van der Waals surface area contributed by atoms with E-state index in [0.29, 0.717) is 18.0 Å². The molecule has 1 aliphatic carbocycles. The molecule has 23 heavy (non-hydrogen) atoms. The fourth-order valence-electron chi connectivity index (χ4n) is 3.61. The second-order valence-corrected chi connectivity index (χ2v) is 6.71. The molecule has 1 aliphatic heterocycles. The summed E-state index contributed by atoms with van der Waals surface area (Å²) < 4.78 is 0. The van der Waals surface area contributed by atoms with Gasteiger partial charge < -0.3 is 15.3 Å². The minimum atomic E-state index is -0.0810. The second kappa shape index (κ2) is 7.73. The van der Waals surface area contributed by atoms with Crippen LogP contribution in [0.4, 0.5) is 5.82 Å². The van der Waals surface area contributed by atoms with Crippen molar-refractivity contribution >= 4 is 11.7 Å². The Morgan fingerprint density at radius 1 is 1.17 bits per heavy atom. The van der Waals surface area contributed by atoms with Crippen molar-refractivity contribution in [1.29, 1.82) is 0 Å². The van der Waals surface area contributed by atoms with Gasteiger partial charge in [0, 0.05) is 25.6 Å². The standard InChI is InChI=1S/C17H26N4O2/c22-12-15-10-19-16(11-18-15)21-7-5-14(6-8-21)20-17(23)9-13-3-1-2-4-13/h10-11,13-14,22H,1-9,12H2,(H,20,23). The van der Waals surface area contributed by atoms with Crippen LogP contribution in [0.15, 0.2) is 12.4 Å².